The van der Waals surface area contributed by atoms with Gasteiger partial charge in [0, 0.05) is 0 Å². The Bertz CT molecular complexity index is 508. The molecule has 0 unspecified atom stereocenters. The van der Waals surface area contributed by atoms with Gasteiger partial charge in [-0.1, -0.05) is 20.8 Å². The molecule has 4 N–H and O–H groups in total. The number of nitrogens with one attached hydrogen (secondary N) is 1. The number of amides is 1. The van der Waals surface area contributed by atoms with Gasteiger partial charge in [0.2, 0.25) is 5.91 Å². The van der Waals surface area contributed by atoms with Crippen molar-refractivity contribution in [3.05, 3.63) is 28.3 Å². The molecule has 1 atom stereocenters. The van der Waals surface area contributed by atoms with Crippen LogP contribution in [0, 0.1) is 15.5 Å². The molecular weight excluding hydrogens is 250 g/mol. The summed E-state index contributed by atoms with van der Waals surface area (Å²) in [5.41, 5.74) is 4.93. The van der Waals surface area contributed by atoms with Gasteiger partial charge >= 0.3 is 0 Å². The van der Waals surface area contributed by atoms with E-state index < -0.39 is 22.3 Å². The van der Waals surface area contributed by atoms with E-state index in [0.717, 1.165) is 6.07 Å². The lowest BCUT2D eigenvalue weighted by Crippen LogP contribution is -2.45. The van der Waals surface area contributed by atoms with Crippen molar-refractivity contribution in [2.24, 2.45) is 11.1 Å². The number of phenolic OH excluding ortho intramolecular Hbond substituents is 1. The number of aromatic hydroxyl groups is 1. The number of hydrogen-bond acceptors (Lipinski definition) is 5. The molecule has 0 heterocycles. The number of carbonyl (C=O) groups excluding carboxylic acids is 1. The summed E-state index contributed by atoms with van der Waals surface area (Å²) < 4.78 is 0. The quantitative estimate of drug-likeness (QED) is 0.436. The molecule has 7 nitrogen and oxygen atoms in total. The van der Waals surface area contributed by atoms with Crippen LogP contribution in [0.4, 0.5) is 11.4 Å². The maximum atomic E-state index is 11.9. The van der Waals surface area contributed by atoms with E-state index in [-0.39, 0.29) is 17.1 Å². The van der Waals surface area contributed by atoms with E-state index in [9.17, 15) is 20.0 Å². The molecule has 0 bridgehead atoms. The van der Waals surface area contributed by atoms with Gasteiger partial charge in [-0.15, -0.1) is 0 Å². The zero-order chi connectivity index (χ0) is 14.8. The minimum Gasteiger partial charge on any atom is -0.508 e. The fourth-order valence-corrected chi connectivity index (χ4v) is 1.38. The van der Waals surface area contributed by atoms with Crippen molar-refractivity contribution in [3.8, 4) is 5.75 Å². The highest BCUT2D eigenvalue weighted by molar-refractivity contribution is 5.97. The Labute approximate surface area is 110 Å². The van der Waals surface area contributed by atoms with Crippen LogP contribution in [0.3, 0.4) is 0 Å². The largest absolute Gasteiger partial charge is 0.508 e. The summed E-state index contributed by atoms with van der Waals surface area (Å²) in [6, 6.07) is 2.69. The second-order valence-corrected chi connectivity index (χ2v) is 5.29. The summed E-state index contributed by atoms with van der Waals surface area (Å²) in [5.74, 6) is -0.758. The number of nitrogens with two attached hydrogens (primary N) is 1. The van der Waals surface area contributed by atoms with Crippen LogP contribution in [0.15, 0.2) is 18.2 Å². The normalized spacial score (nSPS) is 12.8. The monoisotopic (exact) mass is 267 g/mol. The number of nitro benzene ring substituents is 1. The number of nitrogens with zero attached hydrogens (tertiary/aromatic N) is 1. The minimum absolute atomic E-state index is 0.00694. The topological polar surface area (TPSA) is 118 Å². The third-order valence-corrected chi connectivity index (χ3v) is 2.65. The molecule has 0 aliphatic rings. The van der Waals surface area contributed by atoms with E-state index in [1.165, 1.54) is 12.1 Å². The number of hydrogen-bond donors (Lipinski definition) is 3. The molecule has 0 aliphatic carbocycles. The van der Waals surface area contributed by atoms with Crippen LogP contribution in [0.2, 0.25) is 0 Å². The zero-order valence-corrected chi connectivity index (χ0v) is 11.0. The number of nitro groups is 1. The van der Waals surface area contributed by atoms with Crippen LogP contribution in [-0.4, -0.2) is 22.0 Å². The molecule has 7 heteroatoms. The number of carbonyl (C=O) groups is 1. The van der Waals surface area contributed by atoms with E-state index >= 15 is 0 Å². The van der Waals surface area contributed by atoms with Crippen molar-refractivity contribution in [3.63, 3.8) is 0 Å². The number of rotatable bonds is 3. The molecule has 1 aromatic rings. The van der Waals surface area contributed by atoms with E-state index in [1.807, 2.05) is 0 Å². The zero-order valence-electron chi connectivity index (χ0n) is 11.0. The summed E-state index contributed by atoms with van der Waals surface area (Å²) >= 11 is 0. The van der Waals surface area contributed by atoms with E-state index in [1.54, 1.807) is 20.8 Å². The molecule has 1 amide bonds. The van der Waals surface area contributed by atoms with Gasteiger partial charge in [0.25, 0.3) is 5.69 Å². The predicted molar refractivity (Wildman–Crippen MR) is 70.8 cm³/mol. The highest BCUT2D eigenvalue weighted by Gasteiger charge is 2.29. The first kappa shape index (κ1) is 14.9. The highest BCUT2D eigenvalue weighted by atomic mass is 16.6. The molecule has 0 radical (unpaired) electrons. The highest BCUT2D eigenvalue weighted by Crippen LogP contribution is 2.29. The molecule has 104 valence electrons. The van der Waals surface area contributed by atoms with Gasteiger partial charge < -0.3 is 16.2 Å². The summed E-state index contributed by atoms with van der Waals surface area (Å²) in [6.07, 6.45) is 0. The fraction of sp³-hybridized carbons (Fsp3) is 0.417. The third kappa shape index (κ3) is 3.65. The van der Waals surface area contributed by atoms with Gasteiger partial charge in [0.15, 0.2) is 0 Å². The number of benzene rings is 1. The van der Waals surface area contributed by atoms with Crippen molar-refractivity contribution in [2.45, 2.75) is 26.8 Å². The van der Waals surface area contributed by atoms with Gasteiger partial charge in [-0.2, -0.15) is 0 Å². The smallest absolute Gasteiger partial charge is 0.296 e. The van der Waals surface area contributed by atoms with Gasteiger partial charge in [-0.05, 0) is 17.5 Å². The Morgan fingerprint density at radius 1 is 1.47 bits per heavy atom. The Morgan fingerprint density at radius 2 is 2.05 bits per heavy atom. The lowest BCUT2D eigenvalue weighted by atomic mass is 9.87. The predicted octanol–water partition coefficient (Wildman–Crippen LogP) is 1.61. The number of anilines is 1. The van der Waals surface area contributed by atoms with E-state index in [2.05, 4.69) is 5.32 Å². The molecule has 0 fully saturated rings. The lowest BCUT2D eigenvalue weighted by molar-refractivity contribution is -0.384. The van der Waals surface area contributed by atoms with Crippen LogP contribution in [0.25, 0.3) is 0 Å². The van der Waals surface area contributed by atoms with Crippen molar-refractivity contribution in [2.75, 3.05) is 5.32 Å². The van der Waals surface area contributed by atoms with Crippen LogP contribution >= 0.6 is 0 Å². The summed E-state index contributed by atoms with van der Waals surface area (Å²) in [7, 11) is 0. The van der Waals surface area contributed by atoms with Gasteiger partial charge in [0.05, 0.1) is 17.0 Å². The lowest BCUT2D eigenvalue weighted by Gasteiger charge is -2.25. The van der Waals surface area contributed by atoms with Crippen molar-refractivity contribution >= 4 is 17.3 Å². The van der Waals surface area contributed by atoms with Crippen LogP contribution in [0.1, 0.15) is 20.8 Å². The maximum Gasteiger partial charge on any atom is 0.296 e. The van der Waals surface area contributed by atoms with E-state index in [0.29, 0.717) is 0 Å². The Morgan fingerprint density at radius 3 is 2.53 bits per heavy atom. The minimum atomic E-state index is -0.805. The molecular formula is C12H17N3O4. The molecule has 19 heavy (non-hydrogen) atoms. The maximum absolute atomic E-state index is 11.9. The summed E-state index contributed by atoms with van der Waals surface area (Å²) in [5, 5.41) is 22.5. The van der Waals surface area contributed by atoms with Crippen molar-refractivity contribution in [1.29, 1.82) is 0 Å². The van der Waals surface area contributed by atoms with Crippen LogP contribution in [0.5, 0.6) is 5.75 Å². The Hall–Kier alpha value is -2.15. The van der Waals surface area contributed by atoms with Gasteiger partial charge in [-0.3, -0.25) is 14.9 Å². The number of phenols is 1. The Kier molecular flexibility index (Phi) is 4.10. The van der Waals surface area contributed by atoms with Gasteiger partial charge in [-0.25, -0.2) is 0 Å². The summed E-state index contributed by atoms with van der Waals surface area (Å²) in [6.45, 7) is 5.38. The fourth-order valence-electron chi connectivity index (χ4n) is 1.38. The standard InChI is InChI=1S/C12H17N3O4/c1-12(2,3)10(13)11(17)14-8-5-4-7(16)6-9(8)15(18)19/h4-6,10,16H,13H2,1-3H3,(H,14,17)/t10-/m1/s1. The molecule has 1 aromatic carbocycles. The first-order valence-electron chi connectivity index (χ1n) is 5.67. The van der Waals surface area contributed by atoms with E-state index in [4.69, 9.17) is 5.73 Å². The second kappa shape index (κ2) is 5.23. The SMILES string of the molecule is CC(C)(C)[C@H](N)C(=O)Nc1ccc(O)cc1[N+](=O)[O-]. The average molecular weight is 267 g/mol. The molecule has 1 rings (SSSR count). The molecule has 0 saturated carbocycles. The van der Waals surface area contributed by atoms with Crippen LogP contribution in [-0.2, 0) is 4.79 Å². The first-order chi connectivity index (χ1) is 8.62. The van der Waals surface area contributed by atoms with Crippen molar-refractivity contribution in [1.82, 2.24) is 0 Å². The van der Waals surface area contributed by atoms with Crippen LogP contribution < -0.4 is 11.1 Å². The van der Waals surface area contributed by atoms with Crippen molar-refractivity contribution < 1.29 is 14.8 Å². The molecule has 0 aliphatic heterocycles. The first-order valence-corrected chi connectivity index (χ1v) is 5.67. The average Bonchev–Trinajstić information content (AvgIpc) is 2.28. The Balaban J connectivity index is 3.00. The summed E-state index contributed by atoms with van der Waals surface area (Å²) in [4.78, 5) is 22.0. The molecule has 0 saturated heterocycles. The molecule has 0 aromatic heterocycles. The second-order valence-electron chi connectivity index (χ2n) is 5.29. The van der Waals surface area contributed by atoms with Gasteiger partial charge in [0.1, 0.15) is 11.4 Å². The third-order valence-electron chi connectivity index (χ3n) is 2.65. The molecule has 0 spiro atoms.